The number of thiophene rings is 1. The molecule has 0 radical (unpaired) electrons. The maximum absolute atomic E-state index is 5.38. The molecule has 0 fully saturated rings. The van der Waals surface area contributed by atoms with Crippen LogP contribution in [0.1, 0.15) is 0 Å². The average Bonchev–Trinajstić information content (AvgIpc) is 3.11. The van der Waals surface area contributed by atoms with Gasteiger partial charge in [0.1, 0.15) is 6.33 Å². The zero-order chi connectivity index (χ0) is 13.1. The van der Waals surface area contributed by atoms with Gasteiger partial charge in [-0.25, -0.2) is 10.8 Å². The van der Waals surface area contributed by atoms with Crippen LogP contribution < -0.4 is 11.3 Å². The summed E-state index contributed by atoms with van der Waals surface area (Å²) in [4.78, 5) is 16.7. The summed E-state index contributed by atoms with van der Waals surface area (Å²) in [6.45, 7) is 0. The minimum atomic E-state index is 0.317. The first-order chi connectivity index (χ1) is 9.35. The number of hydrazine groups is 1. The van der Waals surface area contributed by atoms with Crippen LogP contribution in [0, 0.1) is 0 Å². The molecule has 3 aromatic rings. The van der Waals surface area contributed by atoms with Gasteiger partial charge in [0.2, 0.25) is 11.9 Å². The fraction of sp³-hybridized carbons (Fsp3) is 0. The number of hydrogen-bond donors (Lipinski definition) is 2. The van der Waals surface area contributed by atoms with Crippen molar-refractivity contribution in [2.45, 2.75) is 9.37 Å². The summed E-state index contributed by atoms with van der Waals surface area (Å²) in [6.07, 6.45) is 5.04. The Balaban J connectivity index is 1.98. The Morgan fingerprint density at radius 2 is 2.26 bits per heavy atom. The molecule has 7 nitrogen and oxygen atoms in total. The van der Waals surface area contributed by atoms with Gasteiger partial charge in [-0.2, -0.15) is 15.0 Å². The van der Waals surface area contributed by atoms with Gasteiger partial charge in [0.05, 0.1) is 4.21 Å². The van der Waals surface area contributed by atoms with Crippen LogP contribution in [0.4, 0.5) is 5.95 Å². The van der Waals surface area contributed by atoms with Crippen LogP contribution in [0.5, 0.6) is 0 Å². The van der Waals surface area contributed by atoms with Gasteiger partial charge < -0.3 is 0 Å². The number of aromatic nitrogens is 5. The Kier molecular flexibility index (Phi) is 3.40. The number of nitrogens with zero attached hydrogens (tertiary/aromatic N) is 5. The van der Waals surface area contributed by atoms with E-state index in [4.69, 9.17) is 5.84 Å². The lowest BCUT2D eigenvalue weighted by Crippen LogP contribution is -2.13. The molecule has 3 rings (SSSR count). The van der Waals surface area contributed by atoms with Gasteiger partial charge in [0.15, 0.2) is 5.16 Å². The Bertz CT molecular complexity index is 651. The lowest BCUT2D eigenvalue weighted by Gasteiger charge is -2.05. The number of imidazole rings is 1. The summed E-state index contributed by atoms with van der Waals surface area (Å²) in [5, 5.41) is 2.58. The van der Waals surface area contributed by atoms with Crippen molar-refractivity contribution in [2.75, 3.05) is 5.43 Å². The summed E-state index contributed by atoms with van der Waals surface area (Å²) in [6, 6.07) is 3.98. The molecule has 3 aromatic heterocycles. The van der Waals surface area contributed by atoms with Gasteiger partial charge in [-0.15, -0.1) is 11.3 Å². The van der Waals surface area contributed by atoms with E-state index in [-0.39, 0.29) is 0 Å². The van der Waals surface area contributed by atoms with E-state index in [0.29, 0.717) is 17.1 Å². The van der Waals surface area contributed by atoms with Crippen molar-refractivity contribution in [3.05, 3.63) is 36.2 Å². The van der Waals surface area contributed by atoms with E-state index >= 15 is 0 Å². The van der Waals surface area contributed by atoms with Gasteiger partial charge in [0.25, 0.3) is 0 Å². The highest BCUT2D eigenvalue weighted by atomic mass is 32.2. The molecule has 0 amide bonds. The lowest BCUT2D eigenvalue weighted by atomic mass is 10.7. The second kappa shape index (κ2) is 5.34. The fourth-order valence-electron chi connectivity index (χ4n) is 1.36. The van der Waals surface area contributed by atoms with E-state index in [0.717, 1.165) is 4.21 Å². The highest BCUT2D eigenvalue weighted by molar-refractivity contribution is 8.01. The van der Waals surface area contributed by atoms with E-state index in [1.807, 2.05) is 17.5 Å². The molecule has 19 heavy (non-hydrogen) atoms. The highest BCUT2D eigenvalue weighted by Crippen LogP contribution is 2.29. The van der Waals surface area contributed by atoms with Crippen molar-refractivity contribution in [1.29, 1.82) is 0 Å². The topological polar surface area (TPSA) is 94.5 Å². The van der Waals surface area contributed by atoms with E-state index in [9.17, 15) is 0 Å². The molecule has 0 atom stereocenters. The number of anilines is 1. The quantitative estimate of drug-likeness (QED) is 0.556. The Labute approximate surface area is 116 Å². The summed E-state index contributed by atoms with van der Waals surface area (Å²) in [5.74, 6) is 6.17. The van der Waals surface area contributed by atoms with E-state index in [1.165, 1.54) is 11.8 Å². The zero-order valence-corrected chi connectivity index (χ0v) is 11.2. The number of rotatable bonds is 4. The predicted molar refractivity (Wildman–Crippen MR) is 73.2 cm³/mol. The minimum absolute atomic E-state index is 0.317. The van der Waals surface area contributed by atoms with Crippen LogP contribution in [0.3, 0.4) is 0 Å². The van der Waals surface area contributed by atoms with Crippen LogP contribution in [0.15, 0.2) is 45.6 Å². The molecule has 0 saturated carbocycles. The van der Waals surface area contributed by atoms with Gasteiger partial charge >= 0.3 is 0 Å². The van der Waals surface area contributed by atoms with E-state index in [1.54, 1.807) is 34.6 Å². The second-order valence-corrected chi connectivity index (χ2v) is 5.61. The molecule has 0 aliphatic rings. The van der Waals surface area contributed by atoms with Crippen molar-refractivity contribution in [2.24, 2.45) is 5.84 Å². The number of nitrogens with one attached hydrogen (secondary N) is 1. The molecule has 0 saturated heterocycles. The molecule has 0 spiro atoms. The molecule has 0 aliphatic heterocycles. The third-order valence-corrected chi connectivity index (χ3v) is 4.06. The first-order valence-electron chi connectivity index (χ1n) is 5.27. The largest absolute Gasteiger partial charge is 0.292 e. The van der Waals surface area contributed by atoms with Crippen molar-refractivity contribution >= 4 is 29.0 Å². The van der Waals surface area contributed by atoms with Crippen molar-refractivity contribution in [3.63, 3.8) is 0 Å². The standard InChI is InChI=1S/C10H9N7S2/c11-16-8-13-9(17-4-3-12-6-17)15-10(14-8)19-7-2-1-5-18-7/h1-6H,11H2,(H,13,14,15,16). The number of nitrogens with two attached hydrogens (primary N) is 1. The van der Waals surface area contributed by atoms with Crippen LogP contribution >= 0.6 is 23.1 Å². The SMILES string of the molecule is NNc1nc(Sc2cccs2)nc(-n2ccnc2)n1. The lowest BCUT2D eigenvalue weighted by molar-refractivity contribution is 0.825. The maximum Gasteiger partial charge on any atom is 0.242 e. The Morgan fingerprint density at radius 3 is 2.95 bits per heavy atom. The fourth-order valence-corrected chi connectivity index (χ4v) is 2.98. The molecule has 96 valence electrons. The third-order valence-electron chi connectivity index (χ3n) is 2.15. The molecule has 0 bridgehead atoms. The molecule has 3 heterocycles. The minimum Gasteiger partial charge on any atom is -0.292 e. The van der Waals surface area contributed by atoms with Crippen LogP contribution in [-0.4, -0.2) is 24.5 Å². The van der Waals surface area contributed by atoms with Crippen LogP contribution in [0.2, 0.25) is 0 Å². The summed E-state index contributed by atoms with van der Waals surface area (Å²) < 4.78 is 2.80. The molecular weight excluding hydrogens is 282 g/mol. The van der Waals surface area contributed by atoms with Gasteiger partial charge in [-0.3, -0.25) is 9.99 Å². The first-order valence-corrected chi connectivity index (χ1v) is 6.97. The van der Waals surface area contributed by atoms with Gasteiger partial charge in [-0.1, -0.05) is 6.07 Å². The molecule has 9 heteroatoms. The monoisotopic (exact) mass is 291 g/mol. The highest BCUT2D eigenvalue weighted by Gasteiger charge is 2.09. The van der Waals surface area contributed by atoms with Gasteiger partial charge in [-0.05, 0) is 23.2 Å². The van der Waals surface area contributed by atoms with Crippen molar-refractivity contribution in [3.8, 4) is 5.95 Å². The molecule has 0 aromatic carbocycles. The second-order valence-electron chi connectivity index (χ2n) is 3.39. The normalized spacial score (nSPS) is 10.6. The first kappa shape index (κ1) is 12.1. The zero-order valence-electron chi connectivity index (χ0n) is 9.59. The van der Waals surface area contributed by atoms with E-state index in [2.05, 4.69) is 25.4 Å². The van der Waals surface area contributed by atoms with Gasteiger partial charge in [0, 0.05) is 12.4 Å². The van der Waals surface area contributed by atoms with Crippen LogP contribution in [-0.2, 0) is 0 Å². The number of hydrogen-bond acceptors (Lipinski definition) is 8. The Hall–Kier alpha value is -1.97. The summed E-state index contributed by atoms with van der Waals surface area (Å²) >= 11 is 3.09. The smallest absolute Gasteiger partial charge is 0.242 e. The van der Waals surface area contributed by atoms with Crippen molar-refractivity contribution in [1.82, 2.24) is 24.5 Å². The average molecular weight is 291 g/mol. The van der Waals surface area contributed by atoms with Crippen LogP contribution in [0.25, 0.3) is 5.95 Å². The molecule has 0 aliphatic carbocycles. The van der Waals surface area contributed by atoms with Crippen molar-refractivity contribution < 1.29 is 0 Å². The van der Waals surface area contributed by atoms with E-state index < -0.39 is 0 Å². The molecule has 3 N–H and O–H groups in total. The maximum atomic E-state index is 5.38. The summed E-state index contributed by atoms with van der Waals surface area (Å²) in [7, 11) is 0. The summed E-state index contributed by atoms with van der Waals surface area (Å²) in [5.41, 5.74) is 2.44. The number of nitrogen functional groups attached to an aromatic ring is 1. The molecular formula is C10H9N7S2. The Morgan fingerprint density at radius 1 is 1.32 bits per heavy atom. The third kappa shape index (κ3) is 2.72. The predicted octanol–water partition coefficient (Wildman–Crippen LogP) is 1.56. The molecule has 0 unspecified atom stereocenters.